The Balaban J connectivity index is 1.78. The molecule has 0 fully saturated rings. The molecular weight excluding hydrogens is 361 g/mol. The molecule has 0 saturated carbocycles. The first-order chi connectivity index (χ1) is 12.8. The van der Waals surface area contributed by atoms with Crippen LogP contribution in [-0.2, 0) is 9.59 Å². The van der Waals surface area contributed by atoms with E-state index in [-0.39, 0.29) is 18.6 Å². The first-order valence-corrected chi connectivity index (χ1v) is 8.08. The summed E-state index contributed by atoms with van der Waals surface area (Å²) >= 11 is 0. The highest BCUT2D eigenvalue weighted by molar-refractivity contribution is 5.99. The smallest absolute Gasteiger partial charge is 0.243 e. The maximum absolute atomic E-state index is 13.5. The summed E-state index contributed by atoms with van der Waals surface area (Å²) in [6.07, 6.45) is -0.159. The Morgan fingerprint density at radius 2 is 1.52 bits per heavy atom. The maximum atomic E-state index is 13.5. The van der Waals surface area contributed by atoms with Gasteiger partial charge in [0.05, 0.1) is 12.2 Å². The number of Topliss-reactive ketones (excluding diaryl/α,β-unsaturated/α-hetero) is 1. The van der Waals surface area contributed by atoms with Crippen LogP contribution in [0, 0.1) is 24.4 Å². The monoisotopic (exact) mass is 378 g/mol. The Bertz CT molecular complexity index is 867. The van der Waals surface area contributed by atoms with E-state index in [1.54, 1.807) is 24.3 Å². The lowest BCUT2D eigenvalue weighted by molar-refractivity contribution is -0.124. The van der Waals surface area contributed by atoms with E-state index in [0.717, 1.165) is 11.6 Å². The minimum atomic E-state index is -1.70. The minimum Gasteiger partial charge on any atom is -0.347 e. The number of nitrogens with one attached hydrogen (secondary N) is 2. The second-order valence-electron chi connectivity index (χ2n) is 5.84. The average molecular weight is 378 g/mol. The fraction of sp³-hybridized carbons (Fsp3) is 0.211. The van der Waals surface area contributed by atoms with Crippen molar-refractivity contribution in [2.45, 2.75) is 19.8 Å². The van der Waals surface area contributed by atoms with Crippen molar-refractivity contribution in [3.05, 3.63) is 65.0 Å². The van der Waals surface area contributed by atoms with Gasteiger partial charge in [-0.25, -0.2) is 13.2 Å². The number of anilines is 1. The van der Waals surface area contributed by atoms with Crippen LogP contribution in [0.5, 0.6) is 0 Å². The molecule has 2 N–H and O–H groups in total. The van der Waals surface area contributed by atoms with Crippen molar-refractivity contribution in [3.63, 3.8) is 0 Å². The van der Waals surface area contributed by atoms with Crippen LogP contribution in [-0.4, -0.2) is 24.1 Å². The molecule has 5 nitrogen and oxygen atoms in total. The molecule has 0 aliphatic carbocycles. The van der Waals surface area contributed by atoms with Crippen molar-refractivity contribution in [1.82, 2.24) is 5.32 Å². The van der Waals surface area contributed by atoms with Crippen molar-refractivity contribution in [1.29, 1.82) is 0 Å². The Hall–Kier alpha value is -3.16. The van der Waals surface area contributed by atoms with Gasteiger partial charge in [-0.15, -0.1) is 0 Å². The second-order valence-corrected chi connectivity index (χ2v) is 5.84. The van der Waals surface area contributed by atoms with Gasteiger partial charge in [-0.05, 0) is 19.1 Å². The number of amides is 2. The zero-order valence-corrected chi connectivity index (χ0v) is 14.4. The van der Waals surface area contributed by atoms with Gasteiger partial charge in [-0.1, -0.05) is 29.8 Å². The molecule has 2 aromatic carbocycles. The third kappa shape index (κ3) is 5.67. The Morgan fingerprint density at radius 1 is 0.852 bits per heavy atom. The van der Waals surface area contributed by atoms with Crippen LogP contribution >= 0.6 is 0 Å². The van der Waals surface area contributed by atoms with E-state index in [2.05, 4.69) is 5.32 Å². The topological polar surface area (TPSA) is 75.3 Å². The number of rotatable bonds is 7. The summed E-state index contributed by atoms with van der Waals surface area (Å²) in [7, 11) is 0. The fourth-order valence-corrected chi connectivity index (χ4v) is 2.19. The molecule has 0 spiro atoms. The van der Waals surface area contributed by atoms with Crippen LogP contribution in [0.1, 0.15) is 28.8 Å². The number of hydrogen-bond acceptors (Lipinski definition) is 3. The van der Waals surface area contributed by atoms with Gasteiger partial charge >= 0.3 is 0 Å². The highest BCUT2D eigenvalue weighted by Gasteiger charge is 2.16. The lowest BCUT2D eigenvalue weighted by Crippen LogP contribution is -2.33. The van der Waals surface area contributed by atoms with Crippen LogP contribution in [0.2, 0.25) is 0 Å². The van der Waals surface area contributed by atoms with Crippen LogP contribution in [0.3, 0.4) is 0 Å². The summed E-state index contributed by atoms with van der Waals surface area (Å²) in [4.78, 5) is 35.4. The van der Waals surface area contributed by atoms with Crippen molar-refractivity contribution in [3.8, 4) is 0 Å². The number of aryl methyl sites for hydroxylation is 1. The predicted octanol–water partition coefficient (Wildman–Crippen LogP) is 3.13. The van der Waals surface area contributed by atoms with E-state index in [0.29, 0.717) is 11.6 Å². The van der Waals surface area contributed by atoms with Gasteiger partial charge in [-0.2, -0.15) is 0 Å². The number of hydrogen-bond donors (Lipinski definition) is 2. The quantitative estimate of drug-likeness (QED) is 0.574. The molecule has 0 saturated heterocycles. The summed E-state index contributed by atoms with van der Waals surface area (Å²) in [6.45, 7) is 1.38. The summed E-state index contributed by atoms with van der Waals surface area (Å²) in [5, 5.41) is 4.30. The molecule has 2 rings (SSSR count). The van der Waals surface area contributed by atoms with E-state index < -0.39 is 41.5 Å². The first-order valence-electron chi connectivity index (χ1n) is 8.08. The Labute approximate surface area is 153 Å². The van der Waals surface area contributed by atoms with Gasteiger partial charge in [0, 0.05) is 18.4 Å². The number of carbonyl (C=O) groups is 3. The molecule has 0 radical (unpaired) electrons. The van der Waals surface area contributed by atoms with Crippen LogP contribution in [0.4, 0.5) is 18.9 Å². The number of ketones is 1. The average Bonchev–Trinajstić information content (AvgIpc) is 2.65. The Morgan fingerprint density at radius 3 is 2.19 bits per heavy atom. The van der Waals surface area contributed by atoms with Crippen molar-refractivity contribution < 1.29 is 27.6 Å². The Kier molecular flexibility index (Phi) is 6.70. The third-order valence-electron chi connectivity index (χ3n) is 3.71. The van der Waals surface area contributed by atoms with Gasteiger partial charge in [0.2, 0.25) is 11.8 Å². The van der Waals surface area contributed by atoms with E-state index in [4.69, 9.17) is 0 Å². The van der Waals surface area contributed by atoms with E-state index in [9.17, 15) is 27.6 Å². The molecule has 2 amide bonds. The first kappa shape index (κ1) is 20.2. The van der Waals surface area contributed by atoms with Gasteiger partial charge in [0.15, 0.2) is 23.2 Å². The molecule has 142 valence electrons. The lowest BCUT2D eigenvalue weighted by atomic mass is 10.1. The van der Waals surface area contributed by atoms with Crippen LogP contribution < -0.4 is 10.6 Å². The van der Waals surface area contributed by atoms with E-state index in [1.165, 1.54) is 0 Å². The third-order valence-corrected chi connectivity index (χ3v) is 3.71. The molecule has 2 aromatic rings. The van der Waals surface area contributed by atoms with Crippen molar-refractivity contribution in [2.75, 3.05) is 11.9 Å². The summed E-state index contributed by atoms with van der Waals surface area (Å²) in [5.41, 5.74) is 0.954. The molecule has 0 heterocycles. The molecular formula is C19H17F3N2O3. The largest absolute Gasteiger partial charge is 0.347 e. The normalized spacial score (nSPS) is 10.4. The minimum absolute atomic E-state index is 0.0334. The molecule has 27 heavy (non-hydrogen) atoms. The molecule has 0 aliphatic heterocycles. The van der Waals surface area contributed by atoms with Gasteiger partial charge in [-0.3, -0.25) is 14.4 Å². The molecule has 0 atom stereocenters. The molecule has 8 heteroatoms. The van der Waals surface area contributed by atoms with E-state index in [1.807, 2.05) is 12.2 Å². The van der Waals surface area contributed by atoms with Gasteiger partial charge in [0.1, 0.15) is 0 Å². The number of halogens is 3. The van der Waals surface area contributed by atoms with E-state index >= 15 is 0 Å². The van der Waals surface area contributed by atoms with Crippen molar-refractivity contribution >= 4 is 23.3 Å². The standard InChI is InChI=1S/C19H17F3N2O3/c1-11-2-4-12(5-3-11)15(25)8-9-16(26)23-10-17(27)24-14-7-6-13(20)18(21)19(14)22/h2-7H,8-10H2,1H3,(H,23,26)(H,24,27). The van der Waals surface area contributed by atoms with Crippen molar-refractivity contribution in [2.24, 2.45) is 0 Å². The number of benzene rings is 2. The molecule has 0 unspecified atom stereocenters. The zero-order chi connectivity index (χ0) is 20.0. The highest BCUT2D eigenvalue weighted by atomic mass is 19.2. The SMILES string of the molecule is Cc1ccc(C(=O)CCC(=O)NCC(=O)Nc2ccc(F)c(F)c2F)cc1. The number of carbonyl (C=O) groups excluding carboxylic acids is 3. The molecule has 0 bridgehead atoms. The maximum Gasteiger partial charge on any atom is 0.243 e. The fourth-order valence-electron chi connectivity index (χ4n) is 2.19. The van der Waals surface area contributed by atoms with Gasteiger partial charge < -0.3 is 10.6 Å². The summed E-state index contributed by atoms with van der Waals surface area (Å²) < 4.78 is 39.4. The highest BCUT2D eigenvalue weighted by Crippen LogP contribution is 2.19. The van der Waals surface area contributed by atoms with Crippen LogP contribution in [0.15, 0.2) is 36.4 Å². The molecule has 0 aromatic heterocycles. The zero-order valence-electron chi connectivity index (χ0n) is 14.4. The summed E-state index contributed by atoms with van der Waals surface area (Å²) in [5.74, 6) is -6.19. The van der Waals surface area contributed by atoms with Crippen LogP contribution in [0.25, 0.3) is 0 Å². The predicted molar refractivity (Wildman–Crippen MR) is 92.7 cm³/mol. The van der Waals surface area contributed by atoms with Gasteiger partial charge in [0.25, 0.3) is 0 Å². The lowest BCUT2D eigenvalue weighted by Gasteiger charge is -2.08. The second kappa shape index (κ2) is 8.98. The molecule has 0 aliphatic rings. The summed E-state index contributed by atoms with van der Waals surface area (Å²) in [6, 6.07) is 8.44.